The Labute approximate surface area is 174 Å². The second-order valence-corrected chi connectivity index (χ2v) is 7.47. The Kier molecular flexibility index (Phi) is 5.56. The lowest BCUT2D eigenvalue weighted by Crippen LogP contribution is -2.46. The van der Waals surface area contributed by atoms with Crippen LogP contribution < -0.4 is 15.5 Å². The maximum Gasteiger partial charge on any atom is 0.350 e. The van der Waals surface area contributed by atoms with Crippen LogP contribution in [0.1, 0.15) is 13.3 Å². The van der Waals surface area contributed by atoms with Gasteiger partial charge < -0.3 is 14.9 Å². The molecular formula is C22H25N5O3. The van der Waals surface area contributed by atoms with E-state index in [1.165, 1.54) is 22.5 Å². The number of ketones is 1. The molecule has 4 rings (SSSR count). The SMILES string of the molecule is CC(=O)CCn1ncn(-c2ccc(N3CCN(c4ccc(O)cc4)CC3)cc2)c1=O. The van der Waals surface area contributed by atoms with Crippen LogP contribution in [-0.4, -0.2) is 51.4 Å². The minimum absolute atomic E-state index is 0.0336. The molecule has 1 N–H and O–H groups in total. The van der Waals surface area contributed by atoms with Gasteiger partial charge in [-0.05, 0) is 55.5 Å². The molecular weight excluding hydrogens is 382 g/mol. The molecule has 1 fully saturated rings. The standard InChI is InChI=1S/C22H25N5O3/c1-17(28)10-11-27-22(30)26(16-23-27)20-4-2-18(3-5-20)24-12-14-25(15-13-24)19-6-8-21(29)9-7-19/h2-9,16,29H,10-15H2,1H3. The third kappa shape index (κ3) is 4.22. The highest BCUT2D eigenvalue weighted by molar-refractivity contribution is 5.75. The van der Waals surface area contributed by atoms with Crippen LogP contribution in [0.15, 0.2) is 59.7 Å². The highest BCUT2D eigenvalue weighted by atomic mass is 16.3. The summed E-state index contributed by atoms with van der Waals surface area (Å²) < 4.78 is 2.81. The first-order chi connectivity index (χ1) is 14.5. The number of aromatic nitrogens is 3. The van der Waals surface area contributed by atoms with Crippen molar-refractivity contribution in [3.63, 3.8) is 0 Å². The molecule has 3 aromatic rings. The van der Waals surface area contributed by atoms with E-state index >= 15 is 0 Å². The molecule has 0 saturated carbocycles. The first kappa shape index (κ1) is 19.8. The zero-order valence-electron chi connectivity index (χ0n) is 16.9. The highest BCUT2D eigenvalue weighted by Crippen LogP contribution is 2.23. The van der Waals surface area contributed by atoms with E-state index in [0.29, 0.717) is 13.0 Å². The first-order valence-corrected chi connectivity index (χ1v) is 10.0. The summed E-state index contributed by atoms with van der Waals surface area (Å²) in [6, 6.07) is 15.2. The fraction of sp³-hybridized carbons (Fsp3) is 0.318. The van der Waals surface area contributed by atoms with Crippen molar-refractivity contribution in [3.05, 3.63) is 65.3 Å². The van der Waals surface area contributed by atoms with Crippen molar-refractivity contribution in [2.45, 2.75) is 19.9 Å². The van der Waals surface area contributed by atoms with Crippen LogP contribution in [-0.2, 0) is 11.3 Å². The molecule has 0 atom stereocenters. The number of aryl methyl sites for hydroxylation is 1. The maximum atomic E-state index is 12.5. The second-order valence-electron chi connectivity index (χ2n) is 7.47. The molecule has 8 heteroatoms. The lowest BCUT2D eigenvalue weighted by atomic mass is 10.2. The summed E-state index contributed by atoms with van der Waals surface area (Å²) in [6.07, 6.45) is 1.79. The van der Waals surface area contributed by atoms with E-state index in [0.717, 1.165) is 43.2 Å². The summed E-state index contributed by atoms with van der Waals surface area (Å²) in [4.78, 5) is 28.2. The monoisotopic (exact) mass is 407 g/mol. The summed E-state index contributed by atoms with van der Waals surface area (Å²) in [7, 11) is 0. The molecule has 0 amide bonds. The van der Waals surface area contributed by atoms with Crippen LogP contribution in [0.25, 0.3) is 5.69 Å². The van der Waals surface area contributed by atoms with Gasteiger partial charge in [0, 0.05) is 44.0 Å². The Bertz CT molecular complexity index is 1060. The number of phenolic OH excluding ortho intramolecular Hbond substituents is 1. The van der Waals surface area contributed by atoms with Gasteiger partial charge in [0.1, 0.15) is 17.9 Å². The fourth-order valence-corrected chi connectivity index (χ4v) is 3.64. The van der Waals surface area contributed by atoms with Crippen molar-refractivity contribution in [1.29, 1.82) is 0 Å². The third-order valence-electron chi connectivity index (χ3n) is 5.40. The van der Waals surface area contributed by atoms with Gasteiger partial charge in [-0.1, -0.05) is 0 Å². The summed E-state index contributed by atoms with van der Waals surface area (Å²) in [5.41, 5.74) is 2.73. The average Bonchev–Trinajstić information content (AvgIpc) is 3.13. The second kappa shape index (κ2) is 8.44. The van der Waals surface area contributed by atoms with Gasteiger partial charge in [0.15, 0.2) is 0 Å². The quantitative estimate of drug-likeness (QED) is 0.673. The van der Waals surface area contributed by atoms with Gasteiger partial charge in [-0.2, -0.15) is 5.10 Å². The lowest BCUT2D eigenvalue weighted by Gasteiger charge is -2.37. The zero-order chi connectivity index (χ0) is 21.1. The fourth-order valence-electron chi connectivity index (χ4n) is 3.64. The molecule has 0 bridgehead atoms. The molecule has 0 unspecified atom stereocenters. The van der Waals surface area contributed by atoms with E-state index in [9.17, 15) is 14.7 Å². The molecule has 1 aliphatic rings. The van der Waals surface area contributed by atoms with Crippen molar-refractivity contribution >= 4 is 17.2 Å². The number of anilines is 2. The number of rotatable bonds is 6. The Hall–Kier alpha value is -3.55. The van der Waals surface area contributed by atoms with E-state index in [-0.39, 0.29) is 17.2 Å². The van der Waals surface area contributed by atoms with Gasteiger partial charge in [-0.3, -0.25) is 4.79 Å². The van der Waals surface area contributed by atoms with Gasteiger partial charge >= 0.3 is 5.69 Å². The van der Waals surface area contributed by atoms with Crippen molar-refractivity contribution in [1.82, 2.24) is 14.3 Å². The average molecular weight is 407 g/mol. The van der Waals surface area contributed by atoms with Crippen LogP contribution in [0.5, 0.6) is 5.75 Å². The molecule has 8 nitrogen and oxygen atoms in total. The van der Waals surface area contributed by atoms with E-state index in [2.05, 4.69) is 14.9 Å². The van der Waals surface area contributed by atoms with E-state index in [1.54, 1.807) is 12.1 Å². The molecule has 2 aromatic carbocycles. The number of nitrogens with zero attached hydrogens (tertiary/aromatic N) is 5. The molecule has 0 aliphatic carbocycles. The molecule has 0 spiro atoms. The number of hydrogen-bond donors (Lipinski definition) is 1. The summed E-state index contributed by atoms with van der Waals surface area (Å²) in [6.45, 7) is 5.38. The number of aromatic hydroxyl groups is 1. The van der Waals surface area contributed by atoms with Crippen LogP contribution >= 0.6 is 0 Å². The highest BCUT2D eigenvalue weighted by Gasteiger charge is 2.18. The number of benzene rings is 2. The van der Waals surface area contributed by atoms with Crippen LogP contribution in [0.3, 0.4) is 0 Å². The van der Waals surface area contributed by atoms with Gasteiger partial charge in [-0.25, -0.2) is 14.0 Å². The van der Waals surface area contributed by atoms with Crippen LogP contribution in [0.2, 0.25) is 0 Å². The number of Topliss-reactive ketones (excluding diaryl/α,β-unsaturated/α-hetero) is 1. The lowest BCUT2D eigenvalue weighted by molar-refractivity contribution is -0.117. The predicted molar refractivity (Wildman–Crippen MR) is 116 cm³/mol. The summed E-state index contributed by atoms with van der Waals surface area (Å²) in [5.74, 6) is 0.312. The minimum atomic E-state index is -0.244. The molecule has 2 heterocycles. The summed E-state index contributed by atoms with van der Waals surface area (Å²) in [5, 5.41) is 13.6. The largest absolute Gasteiger partial charge is 0.508 e. The zero-order valence-corrected chi connectivity index (χ0v) is 16.9. The Balaban J connectivity index is 1.40. The molecule has 156 valence electrons. The van der Waals surface area contributed by atoms with Crippen molar-refractivity contribution < 1.29 is 9.90 Å². The van der Waals surface area contributed by atoms with Crippen LogP contribution in [0, 0.1) is 0 Å². The Morgan fingerprint density at radius 3 is 1.93 bits per heavy atom. The molecule has 1 saturated heterocycles. The van der Waals surface area contributed by atoms with Crippen LogP contribution in [0.4, 0.5) is 11.4 Å². The summed E-state index contributed by atoms with van der Waals surface area (Å²) >= 11 is 0. The van der Waals surface area contributed by atoms with Crippen molar-refractivity contribution in [2.24, 2.45) is 0 Å². The Morgan fingerprint density at radius 2 is 1.40 bits per heavy atom. The molecule has 1 aliphatic heterocycles. The number of piperazine rings is 1. The number of phenols is 1. The van der Waals surface area contributed by atoms with E-state index < -0.39 is 0 Å². The molecule has 1 aromatic heterocycles. The third-order valence-corrected chi connectivity index (χ3v) is 5.40. The van der Waals surface area contributed by atoms with Gasteiger partial charge in [0.2, 0.25) is 0 Å². The Morgan fingerprint density at radius 1 is 0.900 bits per heavy atom. The number of hydrogen-bond acceptors (Lipinski definition) is 6. The topological polar surface area (TPSA) is 83.6 Å². The van der Waals surface area contributed by atoms with Crippen molar-refractivity contribution in [3.8, 4) is 11.4 Å². The smallest absolute Gasteiger partial charge is 0.350 e. The first-order valence-electron chi connectivity index (χ1n) is 10.0. The minimum Gasteiger partial charge on any atom is -0.508 e. The number of carbonyl (C=O) groups is 1. The predicted octanol–water partition coefficient (Wildman–Crippen LogP) is 2.05. The number of carbonyl (C=O) groups excluding carboxylic acids is 1. The maximum absolute atomic E-state index is 12.5. The van der Waals surface area contributed by atoms with Gasteiger partial charge in [0.05, 0.1) is 12.2 Å². The van der Waals surface area contributed by atoms with E-state index in [4.69, 9.17) is 0 Å². The van der Waals surface area contributed by atoms with Crippen molar-refractivity contribution in [2.75, 3.05) is 36.0 Å². The normalized spacial score (nSPS) is 14.2. The van der Waals surface area contributed by atoms with Gasteiger partial charge in [0.25, 0.3) is 0 Å². The molecule has 30 heavy (non-hydrogen) atoms. The van der Waals surface area contributed by atoms with E-state index in [1.807, 2.05) is 36.4 Å². The van der Waals surface area contributed by atoms with Gasteiger partial charge in [-0.15, -0.1) is 0 Å². The molecule has 0 radical (unpaired) electrons.